The Kier molecular flexibility index (Phi) is 6.74. The Morgan fingerprint density at radius 1 is 1.15 bits per heavy atom. The van der Waals surface area contributed by atoms with Crippen LogP contribution in [0.5, 0.6) is 5.75 Å². The van der Waals surface area contributed by atoms with E-state index in [-0.39, 0.29) is 23.5 Å². The van der Waals surface area contributed by atoms with Crippen molar-refractivity contribution in [3.63, 3.8) is 0 Å². The van der Waals surface area contributed by atoms with Gasteiger partial charge in [-0.15, -0.1) is 11.3 Å². The fourth-order valence-corrected chi connectivity index (χ4v) is 7.43. The van der Waals surface area contributed by atoms with E-state index >= 15 is 0 Å². The zero-order chi connectivity index (χ0) is 22.8. The summed E-state index contributed by atoms with van der Waals surface area (Å²) in [6.07, 6.45) is 1.53. The van der Waals surface area contributed by atoms with Gasteiger partial charge in [-0.25, -0.2) is 8.42 Å². The molecule has 0 N–H and O–H groups in total. The topological polar surface area (TPSA) is 70.2 Å². The van der Waals surface area contributed by atoms with Crippen LogP contribution in [-0.4, -0.2) is 85.9 Å². The number of hydrogen-bond donors (Lipinski definition) is 0. The molecule has 0 unspecified atom stereocenters. The number of carbonyl (C=O) groups excluding carboxylic acids is 1. The van der Waals surface area contributed by atoms with Crippen LogP contribution in [0.4, 0.5) is 0 Å². The number of sulfone groups is 1. The molecule has 0 bridgehead atoms. The molecule has 4 heterocycles. The van der Waals surface area contributed by atoms with Gasteiger partial charge in [0.05, 0.1) is 31.2 Å². The van der Waals surface area contributed by atoms with Gasteiger partial charge in [-0.05, 0) is 35.1 Å². The summed E-state index contributed by atoms with van der Waals surface area (Å²) in [5, 5.41) is 2.00. The number of fused-ring (bicyclic) bond motifs is 1. The lowest BCUT2D eigenvalue weighted by atomic mass is 10.1. The van der Waals surface area contributed by atoms with Crippen LogP contribution in [0.25, 0.3) is 0 Å². The monoisotopic (exact) mass is 489 g/mol. The molecule has 178 valence electrons. The molecule has 3 aliphatic heterocycles. The van der Waals surface area contributed by atoms with Crippen LogP contribution in [0.2, 0.25) is 0 Å². The smallest absolute Gasteiger partial charge is 0.237 e. The number of amides is 1. The molecule has 0 saturated carbocycles. The summed E-state index contributed by atoms with van der Waals surface area (Å²) in [5.74, 6) is 1.32. The second-order valence-corrected chi connectivity index (χ2v) is 12.5. The fourth-order valence-electron chi connectivity index (χ4n) is 5.00. The van der Waals surface area contributed by atoms with Gasteiger partial charge in [0.15, 0.2) is 9.84 Å². The van der Waals surface area contributed by atoms with Crippen molar-refractivity contribution in [3.05, 3.63) is 51.7 Å². The molecule has 2 saturated heterocycles. The van der Waals surface area contributed by atoms with Crippen LogP contribution >= 0.6 is 11.3 Å². The molecule has 7 nitrogen and oxygen atoms in total. The minimum absolute atomic E-state index is 0.0394. The predicted molar refractivity (Wildman–Crippen MR) is 129 cm³/mol. The minimum Gasteiger partial charge on any atom is -0.493 e. The molecule has 9 heteroatoms. The largest absolute Gasteiger partial charge is 0.493 e. The van der Waals surface area contributed by atoms with Crippen molar-refractivity contribution in [1.29, 1.82) is 0 Å². The highest BCUT2D eigenvalue weighted by Crippen LogP contribution is 2.27. The third kappa shape index (κ3) is 5.59. The lowest BCUT2D eigenvalue weighted by Gasteiger charge is -2.36. The maximum Gasteiger partial charge on any atom is 0.237 e. The Morgan fingerprint density at radius 2 is 1.97 bits per heavy atom. The highest BCUT2D eigenvalue weighted by Gasteiger charge is 2.35. The Balaban J connectivity index is 1.16. The van der Waals surface area contributed by atoms with E-state index in [1.807, 2.05) is 22.4 Å². The van der Waals surface area contributed by atoms with Crippen LogP contribution in [0.3, 0.4) is 0 Å². The molecule has 3 aliphatic rings. The predicted octanol–water partition coefficient (Wildman–Crippen LogP) is 2.02. The second-order valence-electron chi connectivity index (χ2n) is 9.25. The Bertz CT molecular complexity index is 1080. The summed E-state index contributed by atoms with van der Waals surface area (Å²) < 4.78 is 29.7. The molecule has 0 radical (unpaired) electrons. The van der Waals surface area contributed by atoms with Gasteiger partial charge in [0.25, 0.3) is 0 Å². The van der Waals surface area contributed by atoms with Crippen molar-refractivity contribution in [2.24, 2.45) is 0 Å². The summed E-state index contributed by atoms with van der Waals surface area (Å²) in [6.45, 7) is 6.07. The number of nitrogens with zero attached hydrogens (tertiary/aromatic N) is 3. The normalized spacial score (nSPS) is 22.7. The van der Waals surface area contributed by atoms with Gasteiger partial charge in [0.1, 0.15) is 5.75 Å². The number of ether oxygens (including phenoxy) is 1. The molecule has 5 rings (SSSR count). The maximum absolute atomic E-state index is 13.3. The highest BCUT2D eigenvalue weighted by molar-refractivity contribution is 7.91. The first-order chi connectivity index (χ1) is 15.9. The van der Waals surface area contributed by atoms with Crippen molar-refractivity contribution in [1.82, 2.24) is 14.7 Å². The van der Waals surface area contributed by atoms with E-state index in [9.17, 15) is 13.2 Å². The van der Waals surface area contributed by atoms with E-state index in [0.29, 0.717) is 19.5 Å². The van der Waals surface area contributed by atoms with Crippen molar-refractivity contribution in [3.8, 4) is 5.75 Å². The minimum atomic E-state index is -3.05. The number of thiophene rings is 1. The van der Waals surface area contributed by atoms with Gasteiger partial charge in [-0.3, -0.25) is 14.6 Å². The summed E-state index contributed by atoms with van der Waals surface area (Å²) in [4.78, 5) is 20.8. The third-order valence-corrected chi connectivity index (χ3v) is 9.47. The van der Waals surface area contributed by atoms with E-state index in [2.05, 4.69) is 28.0 Å². The molecule has 1 aromatic carbocycles. The van der Waals surface area contributed by atoms with Crippen LogP contribution < -0.4 is 4.74 Å². The Morgan fingerprint density at radius 3 is 2.70 bits per heavy atom. The van der Waals surface area contributed by atoms with Crippen LogP contribution in [0.1, 0.15) is 22.4 Å². The van der Waals surface area contributed by atoms with Crippen molar-refractivity contribution >= 4 is 27.1 Å². The number of rotatable bonds is 7. The van der Waals surface area contributed by atoms with Gasteiger partial charge in [-0.2, -0.15) is 0 Å². The zero-order valence-electron chi connectivity index (χ0n) is 18.8. The lowest BCUT2D eigenvalue weighted by Crippen LogP contribution is -2.51. The van der Waals surface area contributed by atoms with Gasteiger partial charge < -0.3 is 9.64 Å². The van der Waals surface area contributed by atoms with Gasteiger partial charge >= 0.3 is 0 Å². The molecule has 0 aliphatic carbocycles. The third-order valence-electron chi connectivity index (χ3n) is 6.86. The lowest BCUT2D eigenvalue weighted by molar-refractivity contribution is -0.135. The molecule has 2 aromatic rings. The quantitative estimate of drug-likeness (QED) is 0.593. The fraction of sp³-hybridized carbons (Fsp3) is 0.542. The molecule has 33 heavy (non-hydrogen) atoms. The molecular weight excluding hydrogens is 458 g/mol. The number of carbonyl (C=O) groups is 1. The van der Waals surface area contributed by atoms with Gasteiger partial charge in [-0.1, -0.05) is 18.2 Å². The molecule has 1 aromatic heterocycles. The number of hydrogen-bond acceptors (Lipinski definition) is 7. The van der Waals surface area contributed by atoms with Crippen LogP contribution in [-0.2, 0) is 34.1 Å². The van der Waals surface area contributed by atoms with E-state index in [0.717, 1.165) is 56.4 Å². The average molecular weight is 490 g/mol. The maximum atomic E-state index is 13.3. The van der Waals surface area contributed by atoms with E-state index in [1.54, 1.807) is 11.3 Å². The Hall–Kier alpha value is -1.94. The van der Waals surface area contributed by atoms with E-state index < -0.39 is 9.84 Å². The second kappa shape index (κ2) is 9.74. The highest BCUT2D eigenvalue weighted by atomic mass is 32.2. The summed E-state index contributed by atoms with van der Waals surface area (Å²) in [7, 11) is -3.05. The molecule has 1 amide bonds. The molecular formula is C24H31N3O4S2. The average Bonchev–Trinajstić information content (AvgIpc) is 3.54. The number of benzene rings is 1. The van der Waals surface area contributed by atoms with E-state index in [4.69, 9.17) is 4.74 Å². The first-order valence-electron chi connectivity index (χ1n) is 11.7. The van der Waals surface area contributed by atoms with E-state index in [1.165, 1.54) is 11.1 Å². The van der Waals surface area contributed by atoms with Gasteiger partial charge in [0.2, 0.25) is 5.91 Å². The van der Waals surface area contributed by atoms with Gasteiger partial charge in [0, 0.05) is 50.1 Å². The summed E-state index contributed by atoms with van der Waals surface area (Å²) >= 11 is 1.61. The Labute approximate surface area is 199 Å². The van der Waals surface area contributed by atoms with Crippen LogP contribution in [0, 0.1) is 0 Å². The zero-order valence-corrected chi connectivity index (χ0v) is 20.5. The molecule has 2 fully saturated rings. The van der Waals surface area contributed by atoms with Crippen molar-refractivity contribution in [2.45, 2.75) is 32.0 Å². The van der Waals surface area contributed by atoms with Crippen molar-refractivity contribution in [2.75, 3.05) is 50.8 Å². The number of piperazine rings is 1. The summed E-state index contributed by atoms with van der Waals surface area (Å²) in [5.41, 5.74) is 2.62. The van der Waals surface area contributed by atoms with Crippen molar-refractivity contribution < 1.29 is 17.9 Å². The SMILES string of the molecule is O=C(CN1CCN(Cc2ccc3c(c2)CCO3)CC1)N(Cc1cccs1)[C@@H]1CCS(=O)(=O)C1. The summed E-state index contributed by atoms with van der Waals surface area (Å²) in [6, 6.07) is 10.3. The first kappa shape index (κ1) is 22.8. The first-order valence-corrected chi connectivity index (χ1v) is 14.4. The standard InChI is InChI=1S/C24H31N3O4S2/c28-24(27(16-22-2-1-12-32-22)21-6-13-33(29,30)18-21)17-26-9-7-25(8-10-26)15-19-3-4-23-20(14-19)5-11-31-23/h1-4,12,14,21H,5-11,13,15-18H2/t21-/m1/s1. The molecule has 0 spiro atoms. The molecule has 1 atom stereocenters. The van der Waals surface area contributed by atoms with Crippen LogP contribution in [0.15, 0.2) is 35.7 Å².